The molecule has 0 spiro atoms. The molecule has 3 rings (SSSR count). The molecule has 142 valence electrons. The number of nitrogens with zero attached hydrogens (tertiary/aromatic N) is 2. The Bertz CT molecular complexity index is 1140. The van der Waals surface area contributed by atoms with E-state index in [1.54, 1.807) is 13.8 Å². The summed E-state index contributed by atoms with van der Waals surface area (Å²) in [6, 6.07) is 4.01. The third kappa shape index (κ3) is 3.45. The quantitative estimate of drug-likeness (QED) is 0.489. The molecule has 0 atom stereocenters. The van der Waals surface area contributed by atoms with Crippen molar-refractivity contribution in [1.29, 1.82) is 0 Å². The highest BCUT2D eigenvalue weighted by Crippen LogP contribution is 2.36. The first-order valence-corrected chi connectivity index (χ1v) is 10.4. The standard InChI is InChI=1S/C17H17N3O5S2/c1-4-27(23,24)10-5-6-12(21)11(7-10)20-15-13-9(2)14(17(22)25-3)26-16(13)19-8-18-15/h5-8,21H,4H2,1-3H3,(H,18,19,20). The average Bonchev–Trinajstić information content (AvgIpc) is 3.00. The van der Waals surface area contributed by atoms with Gasteiger partial charge in [0.25, 0.3) is 0 Å². The number of hydrogen-bond acceptors (Lipinski definition) is 9. The molecule has 0 amide bonds. The first-order valence-electron chi connectivity index (χ1n) is 7.93. The lowest BCUT2D eigenvalue weighted by Gasteiger charge is -2.11. The molecule has 0 saturated carbocycles. The normalized spacial score (nSPS) is 11.5. The number of sulfone groups is 1. The molecule has 2 N–H and O–H groups in total. The first kappa shape index (κ1) is 19.1. The van der Waals surface area contributed by atoms with E-state index in [4.69, 9.17) is 4.74 Å². The van der Waals surface area contributed by atoms with Crippen molar-refractivity contribution < 1.29 is 23.1 Å². The van der Waals surface area contributed by atoms with Crippen LogP contribution in [0.1, 0.15) is 22.2 Å². The summed E-state index contributed by atoms with van der Waals surface area (Å²) in [6.45, 7) is 3.30. The zero-order valence-electron chi connectivity index (χ0n) is 14.8. The van der Waals surface area contributed by atoms with E-state index in [-0.39, 0.29) is 22.1 Å². The number of hydrogen-bond donors (Lipinski definition) is 2. The van der Waals surface area contributed by atoms with Gasteiger partial charge in [-0.3, -0.25) is 0 Å². The summed E-state index contributed by atoms with van der Waals surface area (Å²) in [5, 5.41) is 13.7. The molecule has 0 aliphatic heterocycles. The highest BCUT2D eigenvalue weighted by Gasteiger charge is 2.21. The smallest absolute Gasteiger partial charge is 0.348 e. The number of esters is 1. The summed E-state index contributed by atoms with van der Waals surface area (Å²) in [5.74, 6) is -0.301. The molecule has 0 saturated heterocycles. The molecule has 0 aliphatic carbocycles. The topological polar surface area (TPSA) is 118 Å². The number of phenolic OH excluding ortho intramolecular Hbond substituents is 1. The maximum Gasteiger partial charge on any atom is 0.348 e. The van der Waals surface area contributed by atoms with Crippen molar-refractivity contribution in [3.63, 3.8) is 0 Å². The van der Waals surface area contributed by atoms with Gasteiger partial charge in [0, 0.05) is 0 Å². The minimum absolute atomic E-state index is 0.0545. The number of fused-ring (bicyclic) bond motifs is 1. The van der Waals surface area contributed by atoms with Crippen molar-refractivity contribution in [3.8, 4) is 5.75 Å². The summed E-state index contributed by atoms with van der Waals surface area (Å²) in [7, 11) is -2.13. The summed E-state index contributed by atoms with van der Waals surface area (Å²) >= 11 is 1.17. The molecule has 0 unspecified atom stereocenters. The molecule has 2 heterocycles. The second-order valence-corrected chi connectivity index (χ2v) is 8.93. The summed E-state index contributed by atoms with van der Waals surface area (Å²) < 4.78 is 29.0. The molecule has 0 bridgehead atoms. The number of anilines is 2. The predicted molar refractivity (Wildman–Crippen MR) is 103 cm³/mol. The van der Waals surface area contributed by atoms with Gasteiger partial charge in [0.1, 0.15) is 27.6 Å². The molecule has 0 fully saturated rings. The van der Waals surface area contributed by atoms with Crippen LogP contribution in [-0.4, -0.2) is 42.3 Å². The van der Waals surface area contributed by atoms with Gasteiger partial charge in [-0.1, -0.05) is 6.92 Å². The Hall–Kier alpha value is -2.72. The Kier molecular flexibility index (Phi) is 5.03. The lowest BCUT2D eigenvalue weighted by molar-refractivity contribution is 0.0605. The van der Waals surface area contributed by atoms with E-state index in [1.807, 2.05) is 0 Å². The predicted octanol–water partition coefficient (Wildman–Crippen LogP) is 3.03. The van der Waals surface area contributed by atoms with E-state index in [0.29, 0.717) is 26.5 Å². The number of ether oxygens (including phenoxy) is 1. The van der Waals surface area contributed by atoms with Gasteiger partial charge < -0.3 is 15.2 Å². The molecule has 3 aromatic rings. The van der Waals surface area contributed by atoms with E-state index in [2.05, 4.69) is 15.3 Å². The van der Waals surface area contributed by atoms with E-state index in [1.165, 1.54) is 43.0 Å². The number of phenols is 1. The number of aromatic hydroxyl groups is 1. The number of rotatable bonds is 5. The van der Waals surface area contributed by atoms with Gasteiger partial charge in [0.05, 0.1) is 28.8 Å². The number of aromatic nitrogens is 2. The molecule has 10 heteroatoms. The number of carbonyl (C=O) groups is 1. The van der Waals surface area contributed by atoms with Crippen LogP contribution in [0, 0.1) is 6.92 Å². The van der Waals surface area contributed by atoms with Crippen LogP contribution in [0.2, 0.25) is 0 Å². The third-order valence-electron chi connectivity index (χ3n) is 4.06. The van der Waals surface area contributed by atoms with Gasteiger partial charge in [-0.15, -0.1) is 11.3 Å². The van der Waals surface area contributed by atoms with E-state index >= 15 is 0 Å². The summed E-state index contributed by atoms with van der Waals surface area (Å²) in [4.78, 5) is 21.4. The van der Waals surface area contributed by atoms with Gasteiger partial charge in [0.2, 0.25) is 0 Å². The Morgan fingerprint density at radius 1 is 1.33 bits per heavy atom. The summed E-state index contributed by atoms with van der Waals surface area (Å²) in [6.07, 6.45) is 1.32. The lowest BCUT2D eigenvalue weighted by Crippen LogP contribution is -2.04. The Morgan fingerprint density at radius 3 is 2.74 bits per heavy atom. The maximum absolute atomic E-state index is 12.1. The fourth-order valence-electron chi connectivity index (χ4n) is 2.56. The van der Waals surface area contributed by atoms with Crippen molar-refractivity contribution in [2.24, 2.45) is 0 Å². The third-order valence-corrected chi connectivity index (χ3v) is 6.97. The number of thiophene rings is 1. The average molecular weight is 407 g/mol. The zero-order valence-corrected chi connectivity index (χ0v) is 16.4. The Morgan fingerprint density at radius 2 is 2.07 bits per heavy atom. The first-order chi connectivity index (χ1) is 12.8. The molecule has 1 aromatic carbocycles. The molecule has 8 nitrogen and oxygen atoms in total. The highest BCUT2D eigenvalue weighted by atomic mass is 32.2. The van der Waals surface area contributed by atoms with Crippen molar-refractivity contribution in [2.75, 3.05) is 18.2 Å². The molecular weight excluding hydrogens is 390 g/mol. The second kappa shape index (κ2) is 7.12. The highest BCUT2D eigenvalue weighted by molar-refractivity contribution is 7.91. The van der Waals surface area contributed by atoms with E-state index < -0.39 is 15.8 Å². The maximum atomic E-state index is 12.1. The summed E-state index contributed by atoms with van der Waals surface area (Å²) in [5.41, 5.74) is 0.830. The van der Waals surface area contributed by atoms with Gasteiger partial charge in [-0.2, -0.15) is 0 Å². The molecule has 0 radical (unpaired) electrons. The van der Waals surface area contributed by atoms with Gasteiger partial charge in [-0.25, -0.2) is 23.2 Å². The molecular formula is C17H17N3O5S2. The van der Waals surface area contributed by atoms with Crippen LogP contribution in [0.5, 0.6) is 5.75 Å². The van der Waals surface area contributed by atoms with E-state index in [9.17, 15) is 18.3 Å². The van der Waals surface area contributed by atoms with Gasteiger partial charge >= 0.3 is 5.97 Å². The van der Waals surface area contributed by atoms with E-state index in [0.717, 1.165) is 0 Å². The number of carbonyl (C=O) groups excluding carboxylic acids is 1. The molecule has 0 aliphatic rings. The van der Waals surface area contributed by atoms with Crippen LogP contribution in [0.15, 0.2) is 29.4 Å². The SMILES string of the molecule is CCS(=O)(=O)c1ccc(O)c(Nc2ncnc3sc(C(=O)OC)c(C)c23)c1. The van der Waals surface area contributed by atoms with Crippen LogP contribution in [0.3, 0.4) is 0 Å². The minimum Gasteiger partial charge on any atom is -0.506 e. The van der Waals surface area contributed by atoms with Crippen LogP contribution in [-0.2, 0) is 14.6 Å². The monoisotopic (exact) mass is 407 g/mol. The second-order valence-electron chi connectivity index (χ2n) is 5.66. The Labute approximate surface area is 159 Å². The van der Waals surface area contributed by atoms with Crippen LogP contribution in [0.25, 0.3) is 10.2 Å². The molecule has 27 heavy (non-hydrogen) atoms. The minimum atomic E-state index is -3.43. The Balaban J connectivity index is 2.11. The van der Waals surface area contributed by atoms with Crippen molar-refractivity contribution >= 4 is 48.9 Å². The number of benzene rings is 1. The van der Waals surface area contributed by atoms with Crippen LogP contribution in [0.4, 0.5) is 11.5 Å². The van der Waals surface area contributed by atoms with Crippen LogP contribution < -0.4 is 5.32 Å². The van der Waals surface area contributed by atoms with Gasteiger partial charge in [0.15, 0.2) is 9.84 Å². The fraction of sp³-hybridized carbons (Fsp3) is 0.235. The van der Waals surface area contributed by atoms with Gasteiger partial charge in [-0.05, 0) is 30.7 Å². The molecule has 2 aromatic heterocycles. The van der Waals surface area contributed by atoms with Crippen LogP contribution >= 0.6 is 11.3 Å². The fourth-order valence-corrected chi connectivity index (χ4v) is 4.53. The van der Waals surface area contributed by atoms with Crippen molar-refractivity contribution in [2.45, 2.75) is 18.7 Å². The zero-order chi connectivity index (χ0) is 19.8. The van der Waals surface area contributed by atoms with Crippen molar-refractivity contribution in [1.82, 2.24) is 9.97 Å². The lowest BCUT2D eigenvalue weighted by atomic mass is 10.2. The largest absolute Gasteiger partial charge is 0.506 e. The van der Waals surface area contributed by atoms with Crippen molar-refractivity contribution in [3.05, 3.63) is 35.0 Å². The number of methoxy groups -OCH3 is 1. The number of aryl methyl sites for hydroxylation is 1. The number of nitrogens with one attached hydrogen (secondary N) is 1.